The monoisotopic (exact) mass is 344 g/mol. The molecule has 7 nitrogen and oxygen atoms in total. The molecule has 3 rings (SSSR count). The molecule has 8 heteroatoms. The summed E-state index contributed by atoms with van der Waals surface area (Å²) in [6, 6.07) is 5.98. The van der Waals surface area contributed by atoms with Crippen LogP contribution in [0.1, 0.15) is 30.0 Å². The number of aryl methyl sites for hydroxylation is 2. The zero-order valence-corrected chi connectivity index (χ0v) is 14.5. The summed E-state index contributed by atoms with van der Waals surface area (Å²) in [7, 11) is 0. The van der Waals surface area contributed by atoms with E-state index in [1.807, 2.05) is 32.0 Å². The van der Waals surface area contributed by atoms with Crippen LogP contribution in [0, 0.1) is 13.8 Å². The second-order valence-corrected chi connectivity index (χ2v) is 6.10. The number of guanidine groups is 1. The lowest BCUT2D eigenvalue weighted by atomic mass is 10.4. The van der Waals surface area contributed by atoms with E-state index in [9.17, 15) is 0 Å². The Morgan fingerprint density at radius 1 is 1.33 bits per heavy atom. The van der Waals surface area contributed by atoms with Gasteiger partial charge in [-0.25, -0.2) is 15.0 Å². The molecule has 1 fully saturated rings. The van der Waals surface area contributed by atoms with Crippen molar-refractivity contribution in [2.75, 3.05) is 5.32 Å². The van der Waals surface area contributed by atoms with Gasteiger partial charge in [-0.05, 0) is 57.1 Å². The molecule has 2 aromatic rings. The average Bonchev–Trinajstić information content (AvgIpc) is 3.16. The summed E-state index contributed by atoms with van der Waals surface area (Å²) in [6.07, 6.45) is 3.81. The van der Waals surface area contributed by atoms with Crippen LogP contribution < -0.4 is 16.0 Å². The molecular weight excluding hydrogens is 324 g/mol. The Bertz CT molecular complexity index is 719. The van der Waals surface area contributed by atoms with Gasteiger partial charge in [-0.15, -0.1) is 0 Å². The molecule has 3 N–H and O–H groups in total. The minimum Gasteiger partial charge on any atom is -0.467 e. The van der Waals surface area contributed by atoms with E-state index in [1.165, 1.54) is 0 Å². The molecule has 1 aliphatic rings. The van der Waals surface area contributed by atoms with Crippen molar-refractivity contribution in [3.05, 3.63) is 41.6 Å². The van der Waals surface area contributed by atoms with Crippen LogP contribution >= 0.6 is 12.2 Å². The van der Waals surface area contributed by atoms with Crippen LogP contribution in [0.4, 0.5) is 5.95 Å². The Labute approximate surface area is 146 Å². The van der Waals surface area contributed by atoms with Crippen LogP contribution in [0.2, 0.25) is 0 Å². The van der Waals surface area contributed by atoms with Crippen LogP contribution in [0.3, 0.4) is 0 Å². The van der Waals surface area contributed by atoms with Gasteiger partial charge in [0.05, 0.1) is 18.8 Å². The van der Waals surface area contributed by atoms with Crippen LogP contribution in [0.15, 0.2) is 33.9 Å². The Balaban J connectivity index is 1.62. The molecule has 1 aliphatic carbocycles. The van der Waals surface area contributed by atoms with Gasteiger partial charge in [0, 0.05) is 11.4 Å². The molecule has 0 unspecified atom stereocenters. The molecule has 0 radical (unpaired) electrons. The molecule has 126 valence electrons. The minimum absolute atomic E-state index is 0.332. The molecule has 2 heterocycles. The summed E-state index contributed by atoms with van der Waals surface area (Å²) in [5.74, 6) is 1.87. The maximum absolute atomic E-state index is 5.32. The number of aromatic nitrogens is 2. The highest BCUT2D eigenvalue weighted by atomic mass is 32.1. The number of hydrogen-bond donors (Lipinski definition) is 3. The van der Waals surface area contributed by atoms with Crippen molar-refractivity contribution >= 4 is 29.2 Å². The predicted molar refractivity (Wildman–Crippen MR) is 96.9 cm³/mol. The molecule has 24 heavy (non-hydrogen) atoms. The fourth-order valence-corrected chi connectivity index (χ4v) is 2.27. The number of thiocarbonyl (C=S) groups is 1. The van der Waals surface area contributed by atoms with Gasteiger partial charge in [-0.3, -0.25) is 5.32 Å². The Morgan fingerprint density at radius 3 is 2.71 bits per heavy atom. The second kappa shape index (κ2) is 7.39. The third-order valence-corrected chi connectivity index (χ3v) is 3.55. The van der Waals surface area contributed by atoms with Gasteiger partial charge in [0.2, 0.25) is 11.9 Å². The summed E-state index contributed by atoms with van der Waals surface area (Å²) in [4.78, 5) is 13.3. The fourth-order valence-electron chi connectivity index (χ4n) is 2.10. The minimum atomic E-state index is 0.332. The zero-order chi connectivity index (χ0) is 16.9. The maximum Gasteiger partial charge on any atom is 0.229 e. The van der Waals surface area contributed by atoms with Crippen molar-refractivity contribution in [2.24, 2.45) is 4.99 Å². The molecule has 0 bridgehead atoms. The molecule has 0 atom stereocenters. The third-order valence-electron chi connectivity index (χ3n) is 3.31. The van der Waals surface area contributed by atoms with Crippen LogP contribution in [0.25, 0.3) is 0 Å². The first-order valence-corrected chi connectivity index (χ1v) is 8.23. The first-order chi connectivity index (χ1) is 11.6. The lowest BCUT2D eigenvalue weighted by Gasteiger charge is -2.13. The fraction of sp³-hybridized carbons (Fsp3) is 0.375. The largest absolute Gasteiger partial charge is 0.467 e. The van der Waals surface area contributed by atoms with Gasteiger partial charge < -0.3 is 15.1 Å². The van der Waals surface area contributed by atoms with Gasteiger partial charge in [0.15, 0.2) is 5.11 Å². The third kappa shape index (κ3) is 5.02. The number of nitrogens with zero attached hydrogens (tertiary/aromatic N) is 3. The number of nitrogens with one attached hydrogen (secondary N) is 3. The van der Waals surface area contributed by atoms with Gasteiger partial charge in [0.25, 0.3) is 0 Å². The molecule has 0 aliphatic heterocycles. The molecule has 1 saturated carbocycles. The number of furan rings is 1. The van der Waals surface area contributed by atoms with E-state index >= 15 is 0 Å². The van der Waals surface area contributed by atoms with E-state index in [1.54, 1.807) is 6.26 Å². The smallest absolute Gasteiger partial charge is 0.229 e. The number of aliphatic imine (C=N–C) groups is 1. The summed E-state index contributed by atoms with van der Waals surface area (Å²) in [6.45, 7) is 4.37. The van der Waals surface area contributed by atoms with Gasteiger partial charge in [-0.2, -0.15) is 0 Å². The van der Waals surface area contributed by atoms with Crippen LogP contribution in [-0.2, 0) is 6.54 Å². The molecule has 0 saturated heterocycles. The molecule has 2 aromatic heterocycles. The number of hydrogen-bond acceptors (Lipinski definition) is 5. The Kier molecular flexibility index (Phi) is 5.05. The van der Waals surface area contributed by atoms with E-state index < -0.39 is 0 Å². The first-order valence-electron chi connectivity index (χ1n) is 7.83. The lowest BCUT2D eigenvalue weighted by Crippen LogP contribution is -2.42. The molecule has 0 spiro atoms. The van der Waals surface area contributed by atoms with E-state index in [2.05, 4.69) is 30.9 Å². The van der Waals surface area contributed by atoms with Crippen molar-refractivity contribution < 1.29 is 4.42 Å². The quantitative estimate of drug-likeness (QED) is 0.445. The van der Waals surface area contributed by atoms with Gasteiger partial charge in [0.1, 0.15) is 5.76 Å². The van der Waals surface area contributed by atoms with E-state index in [0.29, 0.717) is 29.6 Å². The highest BCUT2D eigenvalue weighted by Crippen LogP contribution is 2.23. The highest BCUT2D eigenvalue weighted by Gasteiger charge is 2.21. The van der Waals surface area contributed by atoms with Crippen LogP contribution in [0.5, 0.6) is 0 Å². The van der Waals surface area contributed by atoms with E-state index in [4.69, 9.17) is 16.6 Å². The van der Waals surface area contributed by atoms with Crippen LogP contribution in [-0.4, -0.2) is 27.1 Å². The van der Waals surface area contributed by atoms with E-state index in [0.717, 1.165) is 30.0 Å². The standard InChI is InChI=1S/C16H20N6OS/c1-10-8-11(2)19-14(18-10)21-15(20-12-5-6-12)22-16(24)17-9-13-4-3-7-23-13/h3-4,7-8,12H,5-6,9H2,1-2H3,(H3,17,18,19,20,21,22,24). The molecular formula is C16H20N6OS. The Hall–Kier alpha value is -2.48. The summed E-state index contributed by atoms with van der Waals surface area (Å²) >= 11 is 5.32. The first kappa shape index (κ1) is 16.4. The average molecular weight is 344 g/mol. The van der Waals surface area contributed by atoms with Crippen molar-refractivity contribution in [1.29, 1.82) is 0 Å². The van der Waals surface area contributed by atoms with Crippen molar-refractivity contribution in [3.8, 4) is 0 Å². The summed E-state index contributed by atoms with van der Waals surface area (Å²) < 4.78 is 5.27. The zero-order valence-electron chi connectivity index (χ0n) is 13.7. The van der Waals surface area contributed by atoms with Gasteiger partial charge >= 0.3 is 0 Å². The number of rotatable bonds is 4. The van der Waals surface area contributed by atoms with Gasteiger partial charge in [-0.1, -0.05) is 0 Å². The predicted octanol–water partition coefficient (Wildman–Crippen LogP) is 2.28. The second-order valence-electron chi connectivity index (χ2n) is 5.70. The Morgan fingerprint density at radius 2 is 2.08 bits per heavy atom. The molecule has 0 amide bonds. The summed E-state index contributed by atoms with van der Waals surface area (Å²) in [5.41, 5.74) is 1.79. The van der Waals surface area contributed by atoms with E-state index in [-0.39, 0.29) is 0 Å². The van der Waals surface area contributed by atoms with Crippen molar-refractivity contribution in [3.63, 3.8) is 0 Å². The number of anilines is 1. The topological polar surface area (TPSA) is 87.4 Å². The normalized spacial score (nSPS) is 14.3. The van der Waals surface area contributed by atoms with Crippen molar-refractivity contribution in [1.82, 2.24) is 20.6 Å². The van der Waals surface area contributed by atoms with Crippen molar-refractivity contribution in [2.45, 2.75) is 39.3 Å². The summed E-state index contributed by atoms with van der Waals surface area (Å²) in [5, 5.41) is 9.74. The maximum atomic E-state index is 5.32. The lowest BCUT2D eigenvalue weighted by molar-refractivity contribution is 0.503. The molecule has 0 aromatic carbocycles. The SMILES string of the molecule is Cc1cc(C)nc(NC(=NC2CC2)NC(=S)NCc2ccco2)n1. The highest BCUT2D eigenvalue weighted by molar-refractivity contribution is 7.80.